The Kier molecular flexibility index (Phi) is 8.26. The van der Waals surface area contributed by atoms with Gasteiger partial charge in [0.25, 0.3) is 11.5 Å². The molecule has 1 N–H and O–H groups in total. The Morgan fingerprint density at radius 3 is 2.27 bits per heavy atom. The van der Waals surface area contributed by atoms with Crippen molar-refractivity contribution in [1.82, 2.24) is 19.5 Å². The Bertz CT molecular complexity index is 2000. The predicted octanol–water partition coefficient (Wildman–Crippen LogP) is 5.71. The van der Waals surface area contributed by atoms with Gasteiger partial charge in [-0.05, 0) is 42.8 Å². The number of halogens is 4. The summed E-state index contributed by atoms with van der Waals surface area (Å²) in [6.45, 7) is 1.46. The molecule has 3 heterocycles. The number of fused-ring (bicyclic) bond motifs is 1. The number of rotatable bonds is 8. The highest BCUT2D eigenvalue weighted by Crippen LogP contribution is 2.37. The van der Waals surface area contributed by atoms with Gasteiger partial charge in [-0.3, -0.25) is 14.2 Å². The van der Waals surface area contributed by atoms with E-state index >= 15 is 4.39 Å². The second kappa shape index (κ2) is 12.1. The second-order valence-corrected chi connectivity index (χ2v) is 9.39. The third-order valence-electron chi connectivity index (χ3n) is 6.63. The summed E-state index contributed by atoms with van der Waals surface area (Å²) >= 11 is 0. The van der Waals surface area contributed by atoms with Gasteiger partial charge in [-0.25, -0.2) is 19.3 Å². The summed E-state index contributed by atoms with van der Waals surface area (Å²) in [6, 6.07) is 9.27. The molecule has 5 rings (SSSR count). The Balaban J connectivity index is 1.45. The molecular weight excluding hydrogens is 602 g/mol. The van der Waals surface area contributed by atoms with Crippen LogP contribution in [-0.2, 0) is 6.18 Å². The number of hydrogen-bond donors (Lipinski definition) is 1. The molecule has 2 aromatic carbocycles. The van der Waals surface area contributed by atoms with Crippen LogP contribution in [0.1, 0.15) is 21.6 Å². The van der Waals surface area contributed by atoms with Gasteiger partial charge in [0.15, 0.2) is 23.1 Å². The maximum atomic E-state index is 15.1. The summed E-state index contributed by atoms with van der Waals surface area (Å²) in [5.41, 5.74) is -2.85. The molecule has 0 radical (unpaired) electrons. The summed E-state index contributed by atoms with van der Waals surface area (Å²) in [6.07, 6.45) is -2.68. The number of methoxy groups -OCH3 is 3. The lowest BCUT2D eigenvalue weighted by Crippen LogP contribution is -2.33. The summed E-state index contributed by atoms with van der Waals surface area (Å²) < 4.78 is 78.4. The third kappa shape index (κ3) is 6.04. The number of alkyl halides is 3. The third-order valence-corrected chi connectivity index (χ3v) is 6.63. The molecule has 15 heteroatoms. The van der Waals surface area contributed by atoms with Crippen LogP contribution in [-0.4, -0.2) is 46.8 Å². The number of nitrogens with zero attached hydrogens (tertiary/aromatic N) is 4. The van der Waals surface area contributed by atoms with Crippen LogP contribution in [0, 0.1) is 12.7 Å². The van der Waals surface area contributed by atoms with Crippen LogP contribution in [0.2, 0.25) is 0 Å². The lowest BCUT2D eigenvalue weighted by molar-refractivity contribution is -0.142. The van der Waals surface area contributed by atoms with Crippen molar-refractivity contribution in [3.05, 3.63) is 94.0 Å². The Labute approximate surface area is 252 Å². The maximum Gasteiger partial charge on any atom is 0.431 e. The molecule has 0 unspecified atom stereocenters. The van der Waals surface area contributed by atoms with Crippen LogP contribution in [0.15, 0.2) is 65.8 Å². The van der Waals surface area contributed by atoms with E-state index in [9.17, 15) is 22.8 Å². The summed E-state index contributed by atoms with van der Waals surface area (Å²) in [7, 11) is 4.23. The van der Waals surface area contributed by atoms with Crippen LogP contribution < -0.4 is 29.8 Å². The normalized spacial score (nSPS) is 11.3. The molecule has 0 aliphatic rings. The van der Waals surface area contributed by atoms with Gasteiger partial charge >= 0.3 is 6.18 Å². The molecule has 232 valence electrons. The number of amides is 1. The predicted molar refractivity (Wildman–Crippen MR) is 153 cm³/mol. The number of aryl methyl sites for hydroxylation is 1. The summed E-state index contributed by atoms with van der Waals surface area (Å²) in [5, 5.41) is 2.73. The molecule has 5 aromatic rings. The highest BCUT2D eigenvalue weighted by molar-refractivity contribution is 6.04. The van der Waals surface area contributed by atoms with E-state index < -0.39 is 34.7 Å². The van der Waals surface area contributed by atoms with Gasteiger partial charge in [-0.15, -0.1) is 0 Å². The van der Waals surface area contributed by atoms with Gasteiger partial charge in [0, 0.05) is 23.9 Å². The van der Waals surface area contributed by atoms with E-state index in [-0.39, 0.29) is 34.4 Å². The largest absolute Gasteiger partial charge is 0.493 e. The molecule has 0 atom stereocenters. The average Bonchev–Trinajstić information content (AvgIpc) is 3.01. The van der Waals surface area contributed by atoms with E-state index in [1.807, 2.05) is 0 Å². The molecule has 0 bridgehead atoms. The lowest BCUT2D eigenvalue weighted by Gasteiger charge is -2.18. The van der Waals surface area contributed by atoms with E-state index in [4.69, 9.17) is 18.9 Å². The number of carbonyl (C=O) groups excluding carboxylic acids is 1. The standard InChI is InChI=1S/C30H23F4N5O6/c1-15-9-26(44-4)35-13-21(15)39-25(30(32,33)34)8-6-17(29(39)41)27(40)38-16-5-7-22(19(31)10-16)45-28-18-11-23(42-2)24(43-3)12-20(18)36-14-37-28/h5-14H,1-4H3,(H,38,40). The zero-order chi connectivity index (χ0) is 32.5. The van der Waals surface area contributed by atoms with Gasteiger partial charge in [0.05, 0.1) is 44.1 Å². The number of hydrogen-bond acceptors (Lipinski definition) is 9. The fraction of sp³-hybridized carbons (Fsp3) is 0.167. The lowest BCUT2D eigenvalue weighted by atomic mass is 10.1. The minimum absolute atomic E-state index is 0.00487. The van der Waals surface area contributed by atoms with Gasteiger partial charge in [-0.2, -0.15) is 13.2 Å². The zero-order valence-corrected chi connectivity index (χ0v) is 24.0. The Morgan fingerprint density at radius 2 is 1.62 bits per heavy atom. The fourth-order valence-corrected chi connectivity index (χ4v) is 4.44. The summed E-state index contributed by atoms with van der Waals surface area (Å²) in [4.78, 5) is 38.5. The molecular formula is C30H23F4N5O6. The number of pyridine rings is 2. The number of carbonyl (C=O) groups is 1. The zero-order valence-electron chi connectivity index (χ0n) is 24.0. The van der Waals surface area contributed by atoms with Gasteiger partial charge in [0.1, 0.15) is 17.6 Å². The minimum atomic E-state index is -4.94. The molecule has 0 aliphatic carbocycles. The number of benzene rings is 2. The molecule has 11 nitrogen and oxygen atoms in total. The molecule has 0 aliphatic heterocycles. The first-order chi connectivity index (χ1) is 21.4. The fourth-order valence-electron chi connectivity index (χ4n) is 4.44. The molecule has 1 amide bonds. The van der Waals surface area contributed by atoms with Crippen molar-refractivity contribution in [2.75, 3.05) is 26.6 Å². The first-order valence-corrected chi connectivity index (χ1v) is 12.9. The van der Waals surface area contributed by atoms with Gasteiger partial charge < -0.3 is 24.3 Å². The first-order valence-electron chi connectivity index (χ1n) is 12.9. The summed E-state index contributed by atoms with van der Waals surface area (Å²) in [5.74, 6) is -1.34. The van der Waals surface area contributed by atoms with Crippen LogP contribution in [0.4, 0.5) is 23.2 Å². The highest BCUT2D eigenvalue weighted by Gasteiger charge is 2.36. The second-order valence-electron chi connectivity index (χ2n) is 9.39. The van der Waals surface area contributed by atoms with E-state index in [0.29, 0.717) is 33.0 Å². The molecule has 0 saturated carbocycles. The van der Waals surface area contributed by atoms with Crippen molar-refractivity contribution in [2.45, 2.75) is 13.1 Å². The molecule has 0 fully saturated rings. The molecule has 3 aromatic heterocycles. The Morgan fingerprint density at radius 1 is 0.889 bits per heavy atom. The molecule has 0 spiro atoms. The SMILES string of the molecule is COc1cc(C)c(-n2c(C(F)(F)F)ccc(C(=O)Nc3ccc(Oc4ncnc5cc(OC)c(OC)cc45)c(F)c3)c2=O)cn1. The van der Waals surface area contributed by atoms with Crippen molar-refractivity contribution < 1.29 is 41.3 Å². The van der Waals surface area contributed by atoms with Crippen LogP contribution >= 0.6 is 0 Å². The van der Waals surface area contributed by atoms with Crippen molar-refractivity contribution in [1.29, 1.82) is 0 Å². The van der Waals surface area contributed by atoms with Crippen LogP contribution in [0.25, 0.3) is 16.6 Å². The average molecular weight is 626 g/mol. The van der Waals surface area contributed by atoms with Crippen LogP contribution in [0.3, 0.4) is 0 Å². The van der Waals surface area contributed by atoms with Crippen molar-refractivity contribution in [2.24, 2.45) is 0 Å². The number of ether oxygens (including phenoxy) is 4. The Hall–Kier alpha value is -5.73. The monoisotopic (exact) mass is 625 g/mol. The molecule has 45 heavy (non-hydrogen) atoms. The maximum absolute atomic E-state index is 15.1. The smallest absolute Gasteiger partial charge is 0.431 e. The van der Waals surface area contributed by atoms with Crippen molar-refractivity contribution >= 4 is 22.5 Å². The molecule has 0 saturated heterocycles. The quantitative estimate of drug-likeness (QED) is 0.216. The van der Waals surface area contributed by atoms with E-state index in [0.717, 1.165) is 18.3 Å². The van der Waals surface area contributed by atoms with E-state index in [1.54, 1.807) is 12.1 Å². The number of nitrogens with one attached hydrogen (secondary N) is 1. The highest BCUT2D eigenvalue weighted by atomic mass is 19.4. The number of anilines is 1. The number of aromatic nitrogens is 4. The van der Waals surface area contributed by atoms with Gasteiger partial charge in [0.2, 0.25) is 11.8 Å². The first kappa shape index (κ1) is 30.7. The topological polar surface area (TPSA) is 127 Å². The van der Waals surface area contributed by atoms with Crippen molar-refractivity contribution in [3.8, 4) is 34.7 Å². The van der Waals surface area contributed by atoms with Crippen molar-refractivity contribution in [3.63, 3.8) is 0 Å². The van der Waals surface area contributed by atoms with E-state index in [2.05, 4.69) is 20.3 Å². The van der Waals surface area contributed by atoms with Gasteiger partial charge in [-0.1, -0.05) is 0 Å². The van der Waals surface area contributed by atoms with E-state index in [1.165, 1.54) is 52.8 Å². The van der Waals surface area contributed by atoms with Crippen LogP contribution in [0.5, 0.6) is 29.0 Å². The minimum Gasteiger partial charge on any atom is -0.493 e.